The van der Waals surface area contributed by atoms with E-state index in [1.807, 2.05) is 18.2 Å². The Kier molecular flexibility index (Phi) is 5.59. The van der Waals surface area contributed by atoms with Crippen LogP contribution in [0.1, 0.15) is 21.7 Å². The lowest BCUT2D eigenvalue weighted by Crippen LogP contribution is -2.27. The van der Waals surface area contributed by atoms with Crippen molar-refractivity contribution in [1.29, 1.82) is 0 Å². The Balaban J connectivity index is 1.28. The zero-order valence-electron chi connectivity index (χ0n) is 18.1. The number of amides is 1. The maximum absolute atomic E-state index is 13.0. The van der Waals surface area contributed by atoms with Crippen LogP contribution in [0.15, 0.2) is 76.3 Å². The molecule has 0 radical (unpaired) electrons. The maximum atomic E-state index is 13.0. The van der Waals surface area contributed by atoms with E-state index in [2.05, 4.69) is 15.4 Å². The lowest BCUT2D eigenvalue weighted by molar-refractivity contribution is -0.137. The Morgan fingerprint density at radius 2 is 1.91 bits per heavy atom. The van der Waals surface area contributed by atoms with Crippen molar-refractivity contribution in [2.24, 2.45) is 0 Å². The summed E-state index contributed by atoms with van der Waals surface area (Å²) in [6.45, 7) is 0.394. The third-order valence-corrected chi connectivity index (χ3v) is 5.49. The third kappa shape index (κ3) is 4.52. The first-order valence-electron chi connectivity index (χ1n) is 10.6. The van der Waals surface area contributed by atoms with Crippen molar-refractivity contribution in [3.8, 4) is 0 Å². The lowest BCUT2D eigenvalue weighted by atomic mass is 10.1. The van der Waals surface area contributed by atoms with E-state index in [4.69, 9.17) is 4.42 Å². The van der Waals surface area contributed by atoms with Crippen LogP contribution in [-0.4, -0.2) is 31.8 Å². The SMILES string of the molecule is O=C(NCCn1ncc2c(=O)n(Cc3cccc(C(F)(F)F)c3)cnc21)c1cc2ccccc2o1. The number of hydrogen-bond acceptors (Lipinski definition) is 5. The molecule has 1 N–H and O–H groups in total. The van der Waals surface area contributed by atoms with Crippen molar-refractivity contribution in [3.05, 3.63) is 94.4 Å². The van der Waals surface area contributed by atoms with Gasteiger partial charge < -0.3 is 9.73 Å². The molecule has 0 aliphatic carbocycles. The van der Waals surface area contributed by atoms with Gasteiger partial charge in [0.1, 0.15) is 17.3 Å². The van der Waals surface area contributed by atoms with Gasteiger partial charge in [0.05, 0.1) is 24.8 Å². The number of halogens is 3. The molecular formula is C24H18F3N5O3. The van der Waals surface area contributed by atoms with Gasteiger partial charge in [-0.2, -0.15) is 18.3 Å². The summed E-state index contributed by atoms with van der Waals surface area (Å²) >= 11 is 0. The standard InChI is InChI=1S/C24H18F3N5O3/c25-24(26,27)17-6-3-4-15(10-17)13-31-14-29-21-18(23(31)34)12-30-32(21)9-8-28-22(33)20-11-16-5-1-2-7-19(16)35-20/h1-7,10-12,14H,8-9,13H2,(H,28,33). The number of nitrogens with one attached hydrogen (secondary N) is 1. The molecule has 0 fully saturated rings. The van der Waals surface area contributed by atoms with Crippen LogP contribution >= 0.6 is 0 Å². The molecular weight excluding hydrogens is 463 g/mol. The third-order valence-electron chi connectivity index (χ3n) is 5.49. The Labute approximate surface area is 195 Å². The van der Waals surface area contributed by atoms with Gasteiger partial charge in [-0.25, -0.2) is 9.67 Å². The van der Waals surface area contributed by atoms with E-state index in [9.17, 15) is 22.8 Å². The van der Waals surface area contributed by atoms with Gasteiger partial charge >= 0.3 is 6.18 Å². The number of hydrogen-bond donors (Lipinski definition) is 1. The van der Waals surface area contributed by atoms with Crippen LogP contribution in [0.5, 0.6) is 0 Å². The number of fused-ring (bicyclic) bond motifs is 2. The van der Waals surface area contributed by atoms with Crippen molar-refractivity contribution in [2.75, 3.05) is 6.54 Å². The zero-order chi connectivity index (χ0) is 24.6. The number of alkyl halides is 3. The van der Waals surface area contributed by atoms with Crippen LogP contribution in [0.25, 0.3) is 22.0 Å². The van der Waals surface area contributed by atoms with Gasteiger partial charge in [-0.1, -0.05) is 30.3 Å². The highest BCUT2D eigenvalue weighted by molar-refractivity contribution is 5.96. The molecule has 35 heavy (non-hydrogen) atoms. The number of carbonyl (C=O) groups excluding carboxylic acids is 1. The second-order valence-corrected chi connectivity index (χ2v) is 7.89. The molecule has 11 heteroatoms. The van der Waals surface area contributed by atoms with E-state index in [-0.39, 0.29) is 36.7 Å². The minimum atomic E-state index is -4.47. The van der Waals surface area contributed by atoms with Crippen LogP contribution in [0, 0.1) is 0 Å². The molecule has 3 heterocycles. The highest BCUT2D eigenvalue weighted by Gasteiger charge is 2.30. The maximum Gasteiger partial charge on any atom is 0.416 e. The first kappa shape index (κ1) is 22.4. The van der Waals surface area contributed by atoms with E-state index < -0.39 is 17.3 Å². The monoisotopic (exact) mass is 481 g/mol. The molecule has 0 aliphatic rings. The number of carbonyl (C=O) groups is 1. The molecule has 0 saturated heterocycles. The van der Waals surface area contributed by atoms with Gasteiger partial charge in [0.15, 0.2) is 11.4 Å². The minimum absolute atomic E-state index is 0.0650. The van der Waals surface area contributed by atoms with E-state index in [0.717, 1.165) is 17.5 Å². The summed E-state index contributed by atoms with van der Waals surface area (Å²) < 4.78 is 47.2. The quantitative estimate of drug-likeness (QED) is 0.398. The summed E-state index contributed by atoms with van der Waals surface area (Å²) in [6.07, 6.45) is -1.84. The number of furan rings is 1. The fraction of sp³-hybridized carbons (Fsp3) is 0.167. The van der Waals surface area contributed by atoms with Gasteiger partial charge in [-0.05, 0) is 29.8 Å². The molecule has 5 rings (SSSR count). The van der Waals surface area contributed by atoms with Gasteiger partial charge in [0.2, 0.25) is 0 Å². The average molecular weight is 481 g/mol. The molecule has 5 aromatic rings. The fourth-order valence-electron chi connectivity index (χ4n) is 3.77. The van der Waals surface area contributed by atoms with Crippen molar-refractivity contribution in [2.45, 2.75) is 19.3 Å². The smallest absolute Gasteiger partial charge is 0.416 e. The normalized spacial score (nSPS) is 11.9. The number of nitrogens with zero attached hydrogens (tertiary/aromatic N) is 4. The van der Waals surface area contributed by atoms with Gasteiger partial charge in [0.25, 0.3) is 11.5 Å². The van der Waals surface area contributed by atoms with E-state index >= 15 is 0 Å². The van der Waals surface area contributed by atoms with Crippen molar-refractivity contribution < 1.29 is 22.4 Å². The molecule has 3 aromatic heterocycles. The number of aromatic nitrogens is 4. The van der Waals surface area contributed by atoms with Crippen molar-refractivity contribution >= 4 is 27.9 Å². The Morgan fingerprint density at radius 3 is 2.71 bits per heavy atom. The highest BCUT2D eigenvalue weighted by atomic mass is 19.4. The van der Waals surface area contributed by atoms with Gasteiger partial charge in [-0.3, -0.25) is 14.2 Å². The first-order chi connectivity index (χ1) is 16.8. The average Bonchev–Trinajstić information content (AvgIpc) is 3.45. The summed E-state index contributed by atoms with van der Waals surface area (Å²) in [6, 6.07) is 13.7. The summed E-state index contributed by atoms with van der Waals surface area (Å²) in [5, 5.41) is 7.96. The van der Waals surface area contributed by atoms with Crippen molar-refractivity contribution in [3.63, 3.8) is 0 Å². The van der Waals surface area contributed by atoms with Crippen LogP contribution < -0.4 is 10.9 Å². The molecule has 0 unspecified atom stereocenters. The molecule has 8 nitrogen and oxygen atoms in total. The molecule has 2 aromatic carbocycles. The van der Waals surface area contributed by atoms with E-state index in [1.165, 1.54) is 33.9 Å². The second kappa shape index (κ2) is 8.75. The summed E-state index contributed by atoms with van der Waals surface area (Å²) in [5.74, 6) is -0.193. The lowest BCUT2D eigenvalue weighted by Gasteiger charge is -2.10. The van der Waals surface area contributed by atoms with E-state index in [0.29, 0.717) is 16.8 Å². The number of benzene rings is 2. The number of para-hydroxylation sites is 1. The van der Waals surface area contributed by atoms with Crippen LogP contribution in [0.4, 0.5) is 13.2 Å². The highest BCUT2D eigenvalue weighted by Crippen LogP contribution is 2.29. The summed E-state index contributed by atoms with van der Waals surface area (Å²) in [4.78, 5) is 29.5. The Morgan fingerprint density at radius 1 is 1.09 bits per heavy atom. The predicted octanol–water partition coefficient (Wildman–Crippen LogP) is 3.84. The summed E-state index contributed by atoms with van der Waals surface area (Å²) in [7, 11) is 0. The Hall–Kier alpha value is -4.41. The largest absolute Gasteiger partial charge is 0.451 e. The first-order valence-corrected chi connectivity index (χ1v) is 10.6. The molecule has 0 bridgehead atoms. The molecule has 0 atom stereocenters. The van der Waals surface area contributed by atoms with Gasteiger partial charge in [0, 0.05) is 11.9 Å². The van der Waals surface area contributed by atoms with E-state index in [1.54, 1.807) is 12.1 Å². The van der Waals surface area contributed by atoms with Crippen LogP contribution in [0.2, 0.25) is 0 Å². The molecule has 0 saturated carbocycles. The minimum Gasteiger partial charge on any atom is -0.451 e. The number of rotatable bonds is 6. The fourth-order valence-corrected chi connectivity index (χ4v) is 3.77. The molecule has 178 valence electrons. The second-order valence-electron chi connectivity index (χ2n) is 7.89. The van der Waals surface area contributed by atoms with Crippen LogP contribution in [0.3, 0.4) is 0 Å². The van der Waals surface area contributed by atoms with Crippen molar-refractivity contribution in [1.82, 2.24) is 24.6 Å². The Bertz CT molecular complexity index is 1570. The topological polar surface area (TPSA) is 95.0 Å². The molecule has 1 amide bonds. The van der Waals surface area contributed by atoms with Gasteiger partial charge in [-0.15, -0.1) is 0 Å². The molecule has 0 spiro atoms. The summed E-state index contributed by atoms with van der Waals surface area (Å²) in [5.41, 5.74) is 0.0398. The zero-order valence-corrected chi connectivity index (χ0v) is 18.1. The predicted molar refractivity (Wildman–Crippen MR) is 121 cm³/mol. The van der Waals surface area contributed by atoms with Crippen LogP contribution in [-0.2, 0) is 19.3 Å². The molecule has 0 aliphatic heterocycles.